The van der Waals surface area contributed by atoms with Gasteiger partial charge in [0, 0.05) is 42.6 Å². The van der Waals surface area contributed by atoms with Crippen LogP contribution in [0.1, 0.15) is 17.4 Å². The Morgan fingerprint density at radius 3 is 2.41 bits per heavy atom. The van der Waals surface area contributed by atoms with Crippen LogP contribution in [0.4, 0.5) is 5.69 Å². The van der Waals surface area contributed by atoms with E-state index in [1.807, 2.05) is 30.3 Å². The van der Waals surface area contributed by atoms with Crippen molar-refractivity contribution in [1.29, 1.82) is 0 Å². The van der Waals surface area contributed by atoms with Crippen molar-refractivity contribution in [1.82, 2.24) is 4.57 Å². The molecule has 3 aromatic rings. The number of nitro benzene ring substituents is 1. The van der Waals surface area contributed by atoms with E-state index in [1.165, 1.54) is 19.1 Å². The van der Waals surface area contributed by atoms with Gasteiger partial charge in [-0.05, 0) is 11.6 Å². The molecule has 110 valence electrons. The fourth-order valence-electron chi connectivity index (χ4n) is 2.86. The zero-order chi connectivity index (χ0) is 15.9. The monoisotopic (exact) mass is 294 g/mol. The van der Waals surface area contributed by atoms with Crippen LogP contribution in [-0.4, -0.2) is 15.3 Å². The number of aromatic nitrogens is 1. The molecule has 2 aromatic carbocycles. The number of non-ortho nitro benzene ring substituents is 1. The SMILES string of the molecule is CC(=O)c1c(-c2ccccc2)c2cc([N+](=O)[O-])ccc2n1C. The average Bonchev–Trinajstić information content (AvgIpc) is 2.80. The second kappa shape index (κ2) is 5.11. The third-order valence-corrected chi connectivity index (χ3v) is 3.79. The molecule has 0 aliphatic heterocycles. The van der Waals surface area contributed by atoms with Crippen LogP contribution >= 0.6 is 0 Å². The smallest absolute Gasteiger partial charge is 0.270 e. The normalized spacial score (nSPS) is 10.8. The van der Waals surface area contributed by atoms with Crippen molar-refractivity contribution in [3.8, 4) is 11.1 Å². The Bertz CT molecular complexity index is 895. The van der Waals surface area contributed by atoms with Crippen LogP contribution in [0.5, 0.6) is 0 Å². The number of hydrogen-bond acceptors (Lipinski definition) is 3. The summed E-state index contributed by atoms with van der Waals surface area (Å²) >= 11 is 0. The molecule has 0 saturated carbocycles. The van der Waals surface area contributed by atoms with Crippen molar-refractivity contribution in [3.63, 3.8) is 0 Å². The van der Waals surface area contributed by atoms with Gasteiger partial charge >= 0.3 is 0 Å². The minimum atomic E-state index is -0.422. The molecule has 0 bridgehead atoms. The highest BCUT2D eigenvalue weighted by atomic mass is 16.6. The van der Waals surface area contributed by atoms with Crippen molar-refractivity contribution < 1.29 is 9.72 Å². The second-order valence-corrected chi connectivity index (χ2v) is 5.16. The lowest BCUT2D eigenvalue weighted by Gasteiger charge is -2.04. The molecule has 3 rings (SSSR count). The summed E-state index contributed by atoms with van der Waals surface area (Å²) in [5.74, 6) is -0.0693. The number of carbonyl (C=O) groups excluding carboxylic acids is 1. The van der Waals surface area contributed by atoms with Gasteiger partial charge in [0.1, 0.15) is 0 Å². The molecule has 0 aliphatic rings. The lowest BCUT2D eigenvalue weighted by Crippen LogP contribution is -2.02. The number of hydrogen-bond donors (Lipinski definition) is 0. The maximum Gasteiger partial charge on any atom is 0.270 e. The average molecular weight is 294 g/mol. The number of carbonyl (C=O) groups is 1. The molecule has 1 aromatic heterocycles. The fourth-order valence-corrected chi connectivity index (χ4v) is 2.86. The Morgan fingerprint density at radius 1 is 1.14 bits per heavy atom. The maximum absolute atomic E-state index is 12.1. The molecule has 0 fully saturated rings. The number of rotatable bonds is 3. The number of nitro groups is 1. The molecule has 0 aliphatic carbocycles. The first kappa shape index (κ1) is 14.0. The molecule has 5 nitrogen and oxygen atoms in total. The van der Waals surface area contributed by atoms with Gasteiger partial charge < -0.3 is 4.57 Å². The van der Waals surface area contributed by atoms with E-state index in [-0.39, 0.29) is 11.5 Å². The Kier molecular flexibility index (Phi) is 3.25. The van der Waals surface area contributed by atoms with Crippen LogP contribution in [0.3, 0.4) is 0 Å². The molecule has 22 heavy (non-hydrogen) atoms. The first-order chi connectivity index (χ1) is 10.5. The predicted octanol–water partition coefficient (Wildman–Crippen LogP) is 3.96. The van der Waals surface area contributed by atoms with Gasteiger partial charge in [-0.2, -0.15) is 0 Å². The Labute approximate surface area is 126 Å². The lowest BCUT2D eigenvalue weighted by molar-refractivity contribution is -0.384. The molecule has 5 heteroatoms. The minimum absolute atomic E-state index is 0.0189. The Hall–Kier alpha value is -2.95. The third-order valence-electron chi connectivity index (χ3n) is 3.79. The summed E-state index contributed by atoms with van der Waals surface area (Å²) in [5, 5.41) is 11.8. The van der Waals surface area contributed by atoms with E-state index in [1.54, 1.807) is 17.7 Å². The van der Waals surface area contributed by atoms with Crippen molar-refractivity contribution in [2.75, 3.05) is 0 Å². The summed E-state index contributed by atoms with van der Waals surface area (Å²) in [5.41, 5.74) is 3.00. The number of Topliss-reactive ketones (excluding diaryl/α,β-unsaturated/α-hetero) is 1. The number of benzene rings is 2. The van der Waals surface area contributed by atoms with E-state index < -0.39 is 4.92 Å². The van der Waals surface area contributed by atoms with Gasteiger partial charge in [0.05, 0.1) is 10.6 Å². The molecule has 0 spiro atoms. The summed E-state index contributed by atoms with van der Waals surface area (Å²) in [4.78, 5) is 22.7. The zero-order valence-electron chi connectivity index (χ0n) is 12.2. The van der Waals surface area contributed by atoms with Crippen LogP contribution in [0.25, 0.3) is 22.0 Å². The molecule has 0 atom stereocenters. The Balaban J connectivity index is 2.45. The summed E-state index contributed by atoms with van der Waals surface area (Å²) < 4.78 is 1.80. The van der Waals surface area contributed by atoms with Gasteiger partial charge in [-0.1, -0.05) is 30.3 Å². The molecule has 0 amide bonds. The second-order valence-electron chi connectivity index (χ2n) is 5.16. The van der Waals surface area contributed by atoms with Crippen LogP contribution in [0, 0.1) is 10.1 Å². The van der Waals surface area contributed by atoms with Gasteiger partial charge in [0.15, 0.2) is 5.78 Å². The third kappa shape index (κ3) is 2.07. The number of fused-ring (bicyclic) bond motifs is 1. The highest BCUT2D eigenvalue weighted by Crippen LogP contribution is 2.36. The standard InChI is InChI=1S/C17H14N2O3/c1-11(20)17-16(12-6-4-3-5-7-12)14-10-13(19(21)22)8-9-15(14)18(17)2/h3-10H,1-2H3. The zero-order valence-corrected chi connectivity index (χ0v) is 12.2. The number of aryl methyl sites for hydroxylation is 1. The molecule has 0 saturated heterocycles. The fraction of sp³-hybridized carbons (Fsp3) is 0.118. The van der Waals surface area contributed by atoms with Gasteiger partial charge in [-0.15, -0.1) is 0 Å². The highest BCUT2D eigenvalue weighted by molar-refractivity contribution is 6.10. The van der Waals surface area contributed by atoms with E-state index in [2.05, 4.69) is 0 Å². The van der Waals surface area contributed by atoms with Crippen LogP contribution in [-0.2, 0) is 7.05 Å². The van der Waals surface area contributed by atoms with Crippen LogP contribution in [0.2, 0.25) is 0 Å². The first-order valence-corrected chi connectivity index (χ1v) is 6.84. The molecule has 0 unspecified atom stereocenters. The molecular weight excluding hydrogens is 280 g/mol. The topological polar surface area (TPSA) is 65.1 Å². The van der Waals surface area contributed by atoms with E-state index in [9.17, 15) is 14.9 Å². The first-order valence-electron chi connectivity index (χ1n) is 6.84. The van der Waals surface area contributed by atoms with E-state index in [0.717, 1.165) is 16.6 Å². The summed E-state index contributed by atoms with van der Waals surface area (Å²) in [6, 6.07) is 14.1. The number of ketones is 1. The predicted molar refractivity (Wildman–Crippen MR) is 85.0 cm³/mol. The quantitative estimate of drug-likeness (QED) is 0.417. The highest BCUT2D eigenvalue weighted by Gasteiger charge is 2.21. The van der Waals surface area contributed by atoms with Crippen molar-refractivity contribution in [2.45, 2.75) is 6.92 Å². The van der Waals surface area contributed by atoms with Gasteiger partial charge in [-0.25, -0.2) is 0 Å². The van der Waals surface area contributed by atoms with E-state index >= 15 is 0 Å². The van der Waals surface area contributed by atoms with Crippen molar-refractivity contribution >= 4 is 22.4 Å². The minimum Gasteiger partial charge on any atom is -0.341 e. The lowest BCUT2D eigenvalue weighted by atomic mass is 10.0. The van der Waals surface area contributed by atoms with Gasteiger partial charge in [0.2, 0.25) is 0 Å². The molecule has 0 radical (unpaired) electrons. The molecule has 1 heterocycles. The van der Waals surface area contributed by atoms with E-state index in [0.29, 0.717) is 11.1 Å². The summed E-state index contributed by atoms with van der Waals surface area (Å²) in [6.45, 7) is 1.51. The largest absolute Gasteiger partial charge is 0.341 e. The number of nitrogens with zero attached hydrogens (tertiary/aromatic N) is 2. The summed E-state index contributed by atoms with van der Waals surface area (Å²) in [7, 11) is 1.80. The maximum atomic E-state index is 12.1. The van der Waals surface area contributed by atoms with Gasteiger partial charge in [-0.3, -0.25) is 14.9 Å². The van der Waals surface area contributed by atoms with Crippen LogP contribution < -0.4 is 0 Å². The van der Waals surface area contributed by atoms with Crippen molar-refractivity contribution in [2.24, 2.45) is 7.05 Å². The van der Waals surface area contributed by atoms with Crippen molar-refractivity contribution in [3.05, 3.63) is 64.3 Å². The van der Waals surface area contributed by atoms with E-state index in [4.69, 9.17) is 0 Å². The Morgan fingerprint density at radius 2 is 1.82 bits per heavy atom. The van der Waals surface area contributed by atoms with Crippen LogP contribution in [0.15, 0.2) is 48.5 Å². The van der Waals surface area contributed by atoms with Gasteiger partial charge in [0.25, 0.3) is 5.69 Å². The summed E-state index contributed by atoms with van der Waals surface area (Å²) in [6.07, 6.45) is 0. The molecule has 0 N–H and O–H groups in total. The molecular formula is C17H14N2O3.